The molecule has 0 aliphatic carbocycles. The zero-order valence-electron chi connectivity index (χ0n) is 15.5. The zero-order chi connectivity index (χ0) is 19.9. The molecule has 2 aromatic rings. The van der Waals surface area contributed by atoms with Crippen LogP contribution < -0.4 is 0 Å². The van der Waals surface area contributed by atoms with Crippen LogP contribution in [0.2, 0.25) is 0 Å². The molecule has 1 saturated heterocycles. The molecular weight excluding hydrogens is 386 g/mol. The van der Waals surface area contributed by atoms with Crippen LogP contribution >= 0.6 is 0 Å². The highest BCUT2D eigenvalue weighted by Crippen LogP contribution is 2.37. The summed E-state index contributed by atoms with van der Waals surface area (Å²) >= 11 is 0. The average molecular weight is 410 g/mol. The predicted molar refractivity (Wildman–Crippen MR) is 102 cm³/mol. The Morgan fingerprint density at radius 3 is 1.85 bits per heavy atom. The maximum atomic E-state index is 13.1. The fraction of sp³-hybridized carbons (Fsp3) is 0.368. The lowest BCUT2D eigenvalue weighted by Crippen LogP contribution is -2.48. The molecule has 0 spiro atoms. The van der Waals surface area contributed by atoms with Crippen molar-refractivity contribution in [2.45, 2.75) is 49.1 Å². The van der Waals surface area contributed by atoms with Crippen LogP contribution in [0.4, 0.5) is 0 Å². The SMILES string of the molecule is Cc1ccc(S(=O)(=O)O[C@]2(C)CCCN2S(=O)(=O)c2ccc(C)cc2)cc1. The summed E-state index contributed by atoms with van der Waals surface area (Å²) < 4.78 is 58.2. The number of hydrogen-bond donors (Lipinski definition) is 0. The molecule has 0 amide bonds. The molecule has 2 aromatic carbocycles. The minimum Gasteiger partial charge on any atom is -0.243 e. The van der Waals surface area contributed by atoms with Crippen LogP contribution in [-0.2, 0) is 24.3 Å². The Morgan fingerprint density at radius 2 is 1.33 bits per heavy atom. The summed E-state index contributed by atoms with van der Waals surface area (Å²) in [5.41, 5.74) is 0.397. The van der Waals surface area contributed by atoms with Crippen molar-refractivity contribution in [1.82, 2.24) is 4.31 Å². The topological polar surface area (TPSA) is 80.8 Å². The maximum Gasteiger partial charge on any atom is 0.298 e. The number of hydrogen-bond acceptors (Lipinski definition) is 5. The first-order valence-corrected chi connectivity index (χ1v) is 11.5. The van der Waals surface area contributed by atoms with Gasteiger partial charge in [-0.05, 0) is 57.9 Å². The van der Waals surface area contributed by atoms with Crippen molar-refractivity contribution in [2.75, 3.05) is 6.54 Å². The summed E-state index contributed by atoms with van der Waals surface area (Å²) in [6.45, 7) is 5.44. The van der Waals surface area contributed by atoms with E-state index < -0.39 is 25.9 Å². The predicted octanol–water partition coefficient (Wildman–Crippen LogP) is 3.21. The molecule has 1 fully saturated rings. The van der Waals surface area contributed by atoms with Crippen molar-refractivity contribution in [3.05, 3.63) is 59.7 Å². The van der Waals surface area contributed by atoms with Crippen molar-refractivity contribution in [3.8, 4) is 0 Å². The van der Waals surface area contributed by atoms with Gasteiger partial charge in [0, 0.05) is 6.54 Å². The van der Waals surface area contributed by atoms with Gasteiger partial charge in [0.2, 0.25) is 10.0 Å². The quantitative estimate of drug-likeness (QED) is 0.709. The van der Waals surface area contributed by atoms with E-state index in [0.29, 0.717) is 12.8 Å². The van der Waals surface area contributed by atoms with Gasteiger partial charge in [0.1, 0.15) is 0 Å². The standard InChI is InChI=1S/C19H23NO5S2/c1-15-5-9-17(10-6-15)26(21,22)20-14-4-13-19(20,3)25-27(23,24)18-11-7-16(2)8-12-18/h5-12H,4,13-14H2,1-3H3/t19-/m1/s1. The Kier molecular flexibility index (Phi) is 5.20. The smallest absolute Gasteiger partial charge is 0.243 e. The van der Waals surface area contributed by atoms with Gasteiger partial charge in [-0.2, -0.15) is 12.7 Å². The van der Waals surface area contributed by atoms with Gasteiger partial charge in [-0.3, -0.25) is 0 Å². The van der Waals surface area contributed by atoms with E-state index in [-0.39, 0.29) is 16.3 Å². The molecule has 1 aliphatic rings. The number of benzene rings is 2. The van der Waals surface area contributed by atoms with Gasteiger partial charge in [-0.15, -0.1) is 0 Å². The number of rotatable bonds is 5. The summed E-state index contributed by atoms with van der Waals surface area (Å²) in [6.07, 6.45) is 0.814. The molecule has 0 aromatic heterocycles. The Hall–Kier alpha value is -1.74. The fourth-order valence-corrected chi connectivity index (χ4v) is 6.20. The zero-order valence-corrected chi connectivity index (χ0v) is 17.2. The van der Waals surface area contributed by atoms with Gasteiger partial charge < -0.3 is 0 Å². The van der Waals surface area contributed by atoms with Gasteiger partial charge in [0.15, 0.2) is 5.72 Å². The van der Waals surface area contributed by atoms with E-state index in [9.17, 15) is 16.8 Å². The molecule has 27 heavy (non-hydrogen) atoms. The van der Waals surface area contributed by atoms with E-state index in [1.165, 1.54) is 31.2 Å². The lowest BCUT2D eigenvalue weighted by Gasteiger charge is -2.33. The molecule has 146 valence electrons. The van der Waals surface area contributed by atoms with Crippen LogP contribution in [0.1, 0.15) is 30.9 Å². The summed E-state index contributed by atoms with van der Waals surface area (Å²) in [6, 6.07) is 12.7. The van der Waals surface area contributed by atoms with Crippen molar-refractivity contribution in [1.29, 1.82) is 0 Å². The minimum atomic E-state index is -4.11. The third kappa shape index (κ3) is 3.94. The van der Waals surface area contributed by atoms with Crippen LogP contribution in [-0.4, -0.2) is 33.4 Å². The largest absolute Gasteiger partial charge is 0.298 e. The van der Waals surface area contributed by atoms with Crippen molar-refractivity contribution < 1.29 is 21.0 Å². The number of nitrogens with zero attached hydrogens (tertiary/aromatic N) is 1. The molecule has 6 nitrogen and oxygen atoms in total. The van der Waals surface area contributed by atoms with Crippen LogP contribution in [0.15, 0.2) is 58.3 Å². The third-order valence-electron chi connectivity index (χ3n) is 4.74. The molecule has 0 saturated carbocycles. The van der Waals surface area contributed by atoms with Gasteiger partial charge in [-0.25, -0.2) is 12.6 Å². The van der Waals surface area contributed by atoms with Crippen LogP contribution in [0.5, 0.6) is 0 Å². The lowest BCUT2D eigenvalue weighted by atomic mass is 10.2. The van der Waals surface area contributed by atoms with Gasteiger partial charge >= 0.3 is 0 Å². The second-order valence-corrected chi connectivity index (χ2v) is 10.4. The minimum absolute atomic E-state index is 0.00825. The molecule has 0 unspecified atom stereocenters. The van der Waals surface area contributed by atoms with E-state index in [0.717, 1.165) is 15.4 Å². The average Bonchev–Trinajstić information content (AvgIpc) is 2.97. The summed E-state index contributed by atoms with van der Waals surface area (Å²) in [5.74, 6) is 0. The molecule has 3 rings (SSSR count). The van der Waals surface area contributed by atoms with Crippen molar-refractivity contribution in [3.63, 3.8) is 0 Å². The highest BCUT2D eigenvalue weighted by Gasteiger charge is 2.48. The molecule has 1 atom stereocenters. The highest BCUT2D eigenvalue weighted by atomic mass is 32.2. The van der Waals surface area contributed by atoms with E-state index in [2.05, 4.69) is 0 Å². The summed E-state index contributed by atoms with van der Waals surface area (Å²) in [7, 11) is -7.99. The van der Waals surface area contributed by atoms with E-state index in [1.54, 1.807) is 24.3 Å². The first kappa shape index (κ1) is 20.0. The van der Waals surface area contributed by atoms with Crippen molar-refractivity contribution >= 4 is 20.1 Å². The van der Waals surface area contributed by atoms with E-state index >= 15 is 0 Å². The highest BCUT2D eigenvalue weighted by molar-refractivity contribution is 7.89. The fourth-order valence-electron chi connectivity index (χ4n) is 3.20. The first-order valence-electron chi connectivity index (χ1n) is 8.66. The molecule has 8 heteroatoms. The van der Waals surface area contributed by atoms with E-state index in [1.807, 2.05) is 13.8 Å². The lowest BCUT2D eigenvalue weighted by molar-refractivity contribution is 0.0169. The normalized spacial score (nSPS) is 21.4. The third-order valence-corrected chi connectivity index (χ3v) is 8.18. The van der Waals surface area contributed by atoms with Crippen LogP contribution in [0.25, 0.3) is 0 Å². The second-order valence-electron chi connectivity index (χ2n) is 7.02. The number of aryl methyl sites for hydroxylation is 2. The molecular formula is C19H23NO5S2. The maximum absolute atomic E-state index is 13.1. The molecule has 0 bridgehead atoms. The van der Waals surface area contributed by atoms with Crippen LogP contribution in [0.3, 0.4) is 0 Å². The molecule has 1 heterocycles. The second kappa shape index (κ2) is 7.01. The van der Waals surface area contributed by atoms with Gasteiger partial charge in [0.05, 0.1) is 9.79 Å². The molecule has 0 N–H and O–H groups in total. The summed E-state index contributed by atoms with van der Waals surface area (Å²) in [5, 5.41) is 0. The molecule has 1 aliphatic heterocycles. The van der Waals surface area contributed by atoms with Gasteiger partial charge in [-0.1, -0.05) is 35.4 Å². The van der Waals surface area contributed by atoms with E-state index in [4.69, 9.17) is 4.18 Å². The monoisotopic (exact) mass is 409 g/mol. The Morgan fingerprint density at radius 1 is 0.852 bits per heavy atom. The Labute approximate surface area is 161 Å². The van der Waals surface area contributed by atoms with Crippen LogP contribution in [0, 0.1) is 13.8 Å². The number of sulfonamides is 1. The Balaban J connectivity index is 1.94. The molecule has 0 radical (unpaired) electrons. The summed E-state index contributed by atoms with van der Waals surface area (Å²) in [4.78, 5) is 0.131. The van der Waals surface area contributed by atoms with Crippen molar-refractivity contribution in [2.24, 2.45) is 0 Å². The Bertz CT molecular complexity index is 1030. The first-order chi connectivity index (χ1) is 12.5. The van der Waals surface area contributed by atoms with Gasteiger partial charge in [0.25, 0.3) is 10.1 Å².